The van der Waals surface area contributed by atoms with E-state index in [1.54, 1.807) is 24.3 Å². The number of methoxy groups -OCH3 is 1. The normalized spacial score (nSPS) is 19.8. The lowest BCUT2D eigenvalue weighted by Gasteiger charge is -2.23. The van der Waals surface area contributed by atoms with Gasteiger partial charge in [-0.3, -0.25) is 19.0 Å². The molecule has 1 fully saturated rings. The van der Waals surface area contributed by atoms with Crippen molar-refractivity contribution >= 4 is 22.8 Å². The smallest absolute Gasteiger partial charge is 0.329 e. The highest BCUT2D eigenvalue weighted by Gasteiger charge is 2.46. The lowest BCUT2D eigenvalue weighted by Crippen LogP contribution is -2.44. The molecule has 3 rings (SSSR count). The Balaban J connectivity index is 1.85. The molecule has 9 heteroatoms. The second-order valence-corrected chi connectivity index (χ2v) is 6.45. The number of hydrogen-bond donors (Lipinski definition) is 2. The molecule has 1 atom stereocenters. The molecule has 0 radical (unpaired) electrons. The van der Waals surface area contributed by atoms with Gasteiger partial charge in [-0.1, -0.05) is 12.1 Å². The van der Waals surface area contributed by atoms with E-state index < -0.39 is 35.1 Å². The third-order valence-electron chi connectivity index (χ3n) is 4.76. The number of para-hydroxylation sites is 1. The maximum absolute atomic E-state index is 12.5. The van der Waals surface area contributed by atoms with Crippen molar-refractivity contribution in [3.05, 3.63) is 45.1 Å². The number of likely N-dealkylation sites (tertiary alicyclic amines) is 1. The van der Waals surface area contributed by atoms with Crippen LogP contribution in [-0.2, 0) is 20.9 Å². The van der Waals surface area contributed by atoms with E-state index in [1.165, 1.54) is 12.0 Å². The van der Waals surface area contributed by atoms with E-state index in [-0.39, 0.29) is 26.1 Å². The fourth-order valence-corrected chi connectivity index (χ4v) is 3.29. The number of carbonyl (C=O) groups excluding carboxylic acids is 1. The molecule has 2 heterocycles. The van der Waals surface area contributed by atoms with Crippen LogP contribution in [0, 0.1) is 5.41 Å². The lowest BCUT2D eigenvalue weighted by atomic mass is 9.88. The van der Waals surface area contributed by atoms with Crippen LogP contribution >= 0.6 is 0 Å². The van der Waals surface area contributed by atoms with Gasteiger partial charge in [0.15, 0.2) is 0 Å². The number of aromatic amines is 1. The number of nitrogens with zero attached hydrogens (tertiary/aromatic N) is 2. The molecule has 0 spiro atoms. The number of carbonyl (C=O) groups is 2. The monoisotopic (exact) mass is 361 g/mol. The molecule has 1 aliphatic rings. The minimum atomic E-state index is -1.16. The Labute approximate surface area is 147 Å². The van der Waals surface area contributed by atoms with Gasteiger partial charge in [-0.15, -0.1) is 0 Å². The summed E-state index contributed by atoms with van der Waals surface area (Å²) in [7, 11) is 1.41. The van der Waals surface area contributed by atoms with E-state index in [0.717, 1.165) is 4.57 Å². The van der Waals surface area contributed by atoms with Crippen molar-refractivity contribution in [1.82, 2.24) is 14.5 Å². The second kappa shape index (κ2) is 6.75. The zero-order valence-electron chi connectivity index (χ0n) is 14.2. The molecule has 26 heavy (non-hydrogen) atoms. The summed E-state index contributed by atoms with van der Waals surface area (Å²) in [5, 5.41) is 9.77. The fourth-order valence-electron chi connectivity index (χ4n) is 3.29. The molecule has 0 aliphatic carbocycles. The summed E-state index contributed by atoms with van der Waals surface area (Å²) in [6, 6.07) is 6.54. The Bertz CT molecular complexity index is 978. The molecule has 1 unspecified atom stereocenters. The van der Waals surface area contributed by atoms with Gasteiger partial charge in [0.05, 0.1) is 17.5 Å². The van der Waals surface area contributed by atoms with Crippen LogP contribution in [0.3, 0.4) is 0 Å². The van der Waals surface area contributed by atoms with E-state index in [0.29, 0.717) is 10.9 Å². The van der Waals surface area contributed by atoms with Crippen molar-refractivity contribution in [3.63, 3.8) is 0 Å². The average molecular weight is 361 g/mol. The van der Waals surface area contributed by atoms with Crippen LogP contribution in [0.1, 0.15) is 6.42 Å². The number of ether oxygens (including phenoxy) is 1. The molecule has 1 saturated heterocycles. The Morgan fingerprint density at radius 2 is 2.04 bits per heavy atom. The second-order valence-electron chi connectivity index (χ2n) is 6.45. The topological polar surface area (TPSA) is 122 Å². The summed E-state index contributed by atoms with van der Waals surface area (Å²) in [6.45, 7) is -0.242. The van der Waals surface area contributed by atoms with Crippen molar-refractivity contribution in [1.29, 1.82) is 0 Å². The number of hydrogen-bond acceptors (Lipinski definition) is 5. The van der Waals surface area contributed by atoms with Gasteiger partial charge in [-0.05, 0) is 18.6 Å². The van der Waals surface area contributed by atoms with Gasteiger partial charge in [0.1, 0.15) is 12.0 Å². The van der Waals surface area contributed by atoms with Crippen molar-refractivity contribution < 1.29 is 19.4 Å². The minimum Gasteiger partial charge on any atom is -0.481 e. The van der Waals surface area contributed by atoms with E-state index >= 15 is 0 Å². The first-order chi connectivity index (χ1) is 12.4. The van der Waals surface area contributed by atoms with Crippen molar-refractivity contribution in [2.75, 3.05) is 26.8 Å². The van der Waals surface area contributed by atoms with Crippen molar-refractivity contribution in [2.24, 2.45) is 5.41 Å². The minimum absolute atomic E-state index is 0.0113. The van der Waals surface area contributed by atoms with E-state index in [2.05, 4.69) is 4.98 Å². The maximum atomic E-state index is 12.5. The Hall–Kier alpha value is -2.94. The van der Waals surface area contributed by atoms with Crippen LogP contribution in [0.15, 0.2) is 33.9 Å². The van der Waals surface area contributed by atoms with Gasteiger partial charge in [0.25, 0.3) is 5.56 Å². The molecule has 0 saturated carbocycles. The number of nitrogens with one attached hydrogen (secondary N) is 1. The predicted octanol–water partition coefficient (Wildman–Crippen LogP) is -0.360. The Morgan fingerprint density at radius 1 is 1.31 bits per heavy atom. The molecule has 1 aliphatic heterocycles. The molecular formula is C17H19N3O6. The fraction of sp³-hybridized carbons (Fsp3) is 0.412. The molecule has 2 N–H and O–H groups in total. The number of benzene rings is 1. The van der Waals surface area contributed by atoms with Gasteiger partial charge >= 0.3 is 11.7 Å². The van der Waals surface area contributed by atoms with Crippen LogP contribution in [0.5, 0.6) is 0 Å². The first-order valence-electron chi connectivity index (χ1n) is 8.10. The summed E-state index contributed by atoms with van der Waals surface area (Å²) < 4.78 is 5.83. The Morgan fingerprint density at radius 3 is 2.73 bits per heavy atom. The highest BCUT2D eigenvalue weighted by molar-refractivity contribution is 5.81. The van der Waals surface area contributed by atoms with Crippen molar-refractivity contribution in [3.8, 4) is 0 Å². The molecule has 1 aromatic carbocycles. The van der Waals surface area contributed by atoms with Crippen LogP contribution in [-0.4, -0.2) is 58.2 Å². The number of amides is 1. The van der Waals surface area contributed by atoms with Crippen LogP contribution in [0.25, 0.3) is 10.9 Å². The first-order valence-corrected chi connectivity index (χ1v) is 8.10. The third-order valence-corrected chi connectivity index (χ3v) is 4.76. The zero-order chi connectivity index (χ0) is 18.9. The summed E-state index contributed by atoms with van der Waals surface area (Å²) >= 11 is 0. The molecule has 9 nitrogen and oxygen atoms in total. The lowest BCUT2D eigenvalue weighted by molar-refractivity contribution is -0.151. The van der Waals surface area contributed by atoms with E-state index in [1.807, 2.05) is 0 Å². The Kier molecular flexibility index (Phi) is 4.64. The molecule has 1 aromatic heterocycles. The predicted molar refractivity (Wildman–Crippen MR) is 92.0 cm³/mol. The van der Waals surface area contributed by atoms with Gasteiger partial charge in [0.2, 0.25) is 5.91 Å². The average Bonchev–Trinajstić information content (AvgIpc) is 3.04. The van der Waals surface area contributed by atoms with Crippen LogP contribution in [0.2, 0.25) is 0 Å². The number of carboxylic acid groups (broad SMARTS) is 1. The summed E-state index contributed by atoms with van der Waals surface area (Å²) in [5.41, 5.74) is -2.00. The number of fused-ring (bicyclic) bond motifs is 1. The molecule has 2 aromatic rings. The first kappa shape index (κ1) is 17.9. The number of aromatic nitrogens is 2. The highest BCUT2D eigenvalue weighted by Crippen LogP contribution is 2.31. The zero-order valence-corrected chi connectivity index (χ0v) is 14.2. The molecule has 138 valence electrons. The van der Waals surface area contributed by atoms with E-state index in [4.69, 9.17) is 4.74 Å². The van der Waals surface area contributed by atoms with E-state index in [9.17, 15) is 24.3 Å². The van der Waals surface area contributed by atoms with Gasteiger partial charge < -0.3 is 19.7 Å². The van der Waals surface area contributed by atoms with Gasteiger partial charge in [-0.25, -0.2) is 4.79 Å². The largest absolute Gasteiger partial charge is 0.481 e. The summed E-state index contributed by atoms with van der Waals surface area (Å²) in [6.07, 6.45) is 0.255. The SMILES string of the molecule is COCC1(C(=O)O)CCN(C(=O)Cn2c(=O)[nH]c3ccccc3c2=O)C1. The molecular weight excluding hydrogens is 342 g/mol. The van der Waals surface area contributed by atoms with Crippen LogP contribution in [0.4, 0.5) is 0 Å². The summed E-state index contributed by atoms with van der Waals surface area (Å²) in [5.74, 6) is -1.51. The number of H-pyrrole nitrogens is 1. The number of aliphatic carboxylic acids is 1. The van der Waals surface area contributed by atoms with Crippen molar-refractivity contribution in [2.45, 2.75) is 13.0 Å². The number of carboxylic acids is 1. The standard InChI is InChI=1S/C17H19N3O6/c1-26-10-17(15(23)24)6-7-19(9-17)13(21)8-20-14(22)11-4-2-3-5-12(11)18-16(20)25/h2-5H,6-10H2,1H3,(H,18,25)(H,23,24). The molecule has 1 amide bonds. The number of rotatable bonds is 5. The van der Waals surface area contributed by atoms with Crippen LogP contribution < -0.4 is 11.2 Å². The maximum Gasteiger partial charge on any atom is 0.329 e. The molecule has 0 bridgehead atoms. The van der Waals surface area contributed by atoms with Gasteiger partial charge in [-0.2, -0.15) is 0 Å². The highest BCUT2D eigenvalue weighted by atomic mass is 16.5. The quantitative estimate of drug-likeness (QED) is 0.750. The summed E-state index contributed by atoms with van der Waals surface area (Å²) in [4.78, 5) is 52.7. The third kappa shape index (κ3) is 3.01. The van der Waals surface area contributed by atoms with Gasteiger partial charge in [0, 0.05) is 20.2 Å².